The molecule has 0 aromatic heterocycles. The predicted octanol–water partition coefficient (Wildman–Crippen LogP) is 3.14. The lowest BCUT2D eigenvalue weighted by molar-refractivity contribution is 0.00701. The van der Waals surface area contributed by atoms with Gasteiger partial charge < -0.3 is 29.7 Å². The Hall–Kier alpha value is -1.59. The average molecular weight is 548 g/mol. The zero-order chi connectivity index (χ0) is 22.0. The molecule has 0 unspecified atom stereocenters. The largest absolute Gasteiger partial charge is 0.444 e. The van der Waals surface area contributed by atoms with Gasteiger partial charge in [0.05, 0.1) is 25.9 Å². The molecule has 1 fully saturated rings. The Morgan fingerprint density at radius 1 is 1.19 bits per heavy atom. The van der Waals surface area contributed by atoms with Crippen molar-refractivity contribution >= 4 is 36.0 Å². The van der Waals surface area contributed by atoms with Crippen LogP contribution < -0.4 is 10.6 Å². The number of guanidine groups is 1. The van der Waals surface area contributed by atoms with Gasteiger partial charge in [-0.25, -0.2) is 4.79 Å². The van der Waals surface area contributed by atoms with Gasteiger partial charge in [0.1, 0.15) is 5.60 Å². The molecule has 1 saturated heterocycles. The lowest BCUT2D eigenvalue weighted by atomic mass is 10.1. The van der Waals surface area contributed by atoms with Crippen LogP contribution in [0.15, 0.2) is 29.3 Å². The highest BCUT2D eigenvalue weighted by molar-refractivity contribution is 14.0. The highest BCUT2D eigenvalue weighted by atomic mass is 127. The molecule has 2 N–H and O–H groups in total. The number of nitrogens with one attached hydrogen (secondary N) is 2. The van der Waals surface area contributed by atoms with Crippen LogP contribution in [0.2, 0.25) is 0 Å². The zero-order valence-electron chi connectivity index (χ0n) is 19.3. The molecule has 9 heteroatoms. The number of hydrogen-bond acceptors (Lipinski definition) is 5. The first-order chi connectivity index (χ1) is 14.3. The SMILES string of the molecule is CCOCCOCc1cccc(CNC(=NC)NC2CN(C(=O)OC(C)(C)C)C2)c1.I. The highest BCUT2D eigenvalue weighted by Gasteiger charge is 2.34. The molecule has 0 atom stereocenters. The number of ether oxygens (including phenoxy) is 3. The quantitative estimate of drug-likeness (QED) is 0.214. The Labute approximate surface area is 203 Å². The highest BCUT2D eigenvalue weighted by Crippen LogP contribution is 2.15. The molecular formula is C22H37IN4O4. The summed E-state index contributed by atoms with van der Waals surface area (Å²) in [4.78, 5) is 18.0. The number of aliphatic imine (C=N–C) groups is 1. The lowest BCUT2D eigenvalue weighted by Gasteiger charge is -2.40. The topological polar surface area (TPSA) is 84.4 Å². The molecule has 0 saturated carbocycles. The van der Waals surface area contributed by atoms with Crippen molar-refractivity contribution in [2.24, 2.45) is 4.99 Å². The first-order valence-corrected chi connectivity index (χ1v) is 10.5. The van der Waals surface area contributed by atoms with Gasteiger partial charge in [0.25, 0.3) is 0 Å². The monoisotopic (exact) mass is 548 g/mol. The van der Waals surface area contributed by atoms with E-state index in [1.807, 2.05) is 33.8 Å². The third-order valence-corrected chi connectivity index (χ3v) is 4.39. The van der Waals surface area contributed by atoms with Gasteiger partial charge in [-0.15, -0.1) is 24.0 Å². The summed E-state index contributed by atoms with van der Waals surface area (Å²) in [5, 5.41) is 6.66. The summed E-state index contributed by atoms with van der Waals surface area (Å²) in [5.74, 6) is 0.710. The summed E-state index contributed by atoms with van der Waals surface area (Å²) in [6.45, 7) is 11.9. The van der Waals surface area contributed by atoms with Gasteiger partial charge in [-0.05, 0) is 38.8 Å². The van der Waals surface area contributed by atoms with Gasteiger partial charge in [0.2, 0.25) is 0 Å². The van der Waals surface area contributed by atoms with E-state index >= 15 is 0 Å². The van der Waals surface area contributed by atoms with E-state index in [4.69, 9.17) is 14.2 Å². The maximum Gasteiger partial charge on any atom is 0.410 e. The van der Waals surface area contributed by atoms with E-state index < -0.39 is 5.60 Å². The van der Waals surface area contributed by atoms with Crippen LogP contribution in [-0.4, -0.2) is 68.6 Å². The van der Waals surface area contributed by atoms with Crippen molar-refractivity contribution in [3.8, 4) is 0 Å². The molecule has 0 radical (unpaired) electrons. The smallest absolute Gasteiger partial charge is 0.410 e. The summed E-state index contributed by atoms with van der Waals surface area (Å²) in [6, 6.07) is 8.43. The standard InChI is InChI=1S/C22H36N4O4.HI/c1-6-28-10-11-29-16-18-9-7-8-17(12-18)13-24-20(23-5)25-19-14-26(15-19)21(27)30-22(2,3)4;/h7-9,12,19H,6,10-11,13-16H2,1-5H3,(H2,23,24,25);1H. The Balaban J connectivity index is 0.00000480. The van der Waals surface area contributed by atoms with Crippen molar-refractivity contribution in [3.05, 3.63) is 35.4 Å². The summed E-state index contributed by atoms with van der Waals surface area (Å²) in [5.41, 5.74) is 1.80. The molecule has 1 heterocycles. The number of benzene rings is 1. The van der Waals surface area contributed by atoms with Crippen LogP contribution in [-0.2, 0) is 27.4 Å². The molecule has 1 aliphatic rings. The molecule has 31 heavy (non-hydrogen) atoms. The first kappa shape index (κ1) is 27.4. The van der Waals surface area contributed by atoms with Gasteiger partial charge in [0.15, 0.2) is 5.96 Å². The fourth-order valence-corrected chi connectivity index (χ4v) is 2.90. The second-order valence-corrected chi connectivity index (χ2v) is 8.22. The van der Waals surface area contributed by atoms with Crippen molar-refractivity contribution in [2.75, 3.05) is 40.0 Å². The Kier molecular flexibility index (Phi) is 12.2. The van der Waals surface area contributed by atoms with Crippen LogP contribution in [0, 0.1) is 0 Å². The van der Waals surface area contributed by atoms with Crippen molar-refractivity contribution in [1.82, 2.24) is 15.5 Å². The summed E-state index contributed by atoms with van der Waals surface area (Å²) >= 11 is 0. The number of hydrogen-bond donors (Lipinski definition) is 2. The fourth-order valence-electron chi connectivity index (χ4n) is 2.90. The van der Waals surface area contributed by atoms with Crippen LogP contribution in [0.25, 0.3) is 0 Å². The second-order valence-electron chi connectivity index (χ2n) is 8.22. The van der Waals surface area contributed by atoms with E-state index in [1.54, 1.807) is 11.9 Å². The second kappa shape index (κ2) is 13.7. The van der Waals surface area contributed by atoms with Gasteiger partial charge in [-0.1, -0.05) is 24.3 Å². The van der Waals surface area contributed by atoms with Crippen LogP contribution in [0.5, 0.6) is 0 Å². The number of nitrogens with zero attached hydrogens (tertiary/aromatic N) is 2. The van der Waals surface area contributed by atoms with Crippen LogP contribution in [0.4, 0.5) is 4.79 Å². The molecule has 0 spiro atoms. The maximum absolute atomic E-state index is 12.0. The summed E-state index contributed by atoms with van der Waals surface area (Å²) in [7, 11) is 1.74. The number of carbonyl (C=O) groups excluding carboxylic acids is 1. The molecule has 2 rings (SSSR count). The Bertz CT molecular complexity index is 703. The fraction of sp³-hybridized carbons (Fsp3) is 0.636. The molecule has 176 valence electrons. The summed E-state index contributed by atoms with van der Waals surface area (Å²) in [6.07, 6.45) is -0.274. The number of likely N-dealkylation sites (tertiary alicyclic amines) is 1. The van der Waals surface area contributed by atoms with E-state index in [0.717, 1.165) is 11.1 Å². The van der Waals surface area contributed by atoms with Crippen LogP contribution in [0.1, 0.15) is 38.8 Å². The molecule has 0 bridgehead atoms. The van der Waals surface area contributed by atoms with E-state index in [-0.39, 0.29) is 36.1 Å². The van der Waals surface area contributed by atoms with Crippen molar-refractivity contribution in [2.45, 2.75) is 52.5 Å². The van der Waals surface area contributed by atoms with Crippen LogP contribution >= 0.6 is 24.0 Å². The van der Waals surface area contributed by atoms with Crippen molar-refractivity contribution in [3.63, 3.8) is 0 Å². The third-order valence-electron chi connectivity index (χ3n) is 4.39. The van der Waals surface area contributed by atoms with Crippen LogP contribution in [0.3, 0.4) is 0 Å². The molecule has 1 amide bonds. The van der Waals surface area contributed by atoms with E-state index in [2.05, 4.69) is 33.8 Å². The molecule has 8 nitrogen and oxygen atoms in total. The van der Waals surface area contributed by atoms with Gasteiger partial charge in [0, 0.05) is 33.3 Å². The molecule has 1 aromatic rings. The predicted molar refractivity (Wildman–Crippen MR) is 133 cm³/mol. The van der Waals surface area contributed by atoms with E-state index in [1.165, 1.54) is 0 Å². The zero-order valence-corrected chi connectivity index (χ0v) is 21.6. The maximum atomic E-state index is 12.0. The number of carbonyl (C=O) groups is 1. The lowest BCUT2D eigenvalue weighted by Crippen LogP contribution is -2.63. The van der Waals surface area contributed by atoms with E-state index in [9.17, 15) is 4.79 Å². The minimum absolute atomic E-state index is 0. The van der Waals surface area contributed by atoms with Crippen molar-refractivity contribution in [1.29, 1.82) is 0 Å². The molecule has 0 aliphatic carbocycles. The molecule has 1 aliphatic heterocycles. The van der Waals surface area contributed by atoms with Gasteiger partial charge in [-0.3, -0.25) is 4.99 Å². The Morgan fingerprint density at radius 2 is 1.87 bits per heavy atom. The number of halogens is 1. The van der Waals surface area contributed by atoms with E-state index in [0.29, 0.717) is 52.0 Å². The summed E-state index contributed by atoms with van der Waals surface area (Å²) < 4.78 is 16.3. The molecule has 1 aromatic carbocycles. The number of amides is 1. The third kappa shape index (κ3) is 10.5. The minimum atomic E-state index is -0.476. The van der Waals surface area contributed by atoms with Gasteiger partial charge >= 0.3 is 6.09 Å². The van der Waals surface area contributed by atoms with Gasteiger partial charge in [-0.2, -0.15) is 0 Å². The average Bonchev–Trinajstić information content (AvgIpc) is 2.65. The number of rotatable bonds is 9. The normalized spacial score (nSPS) is 14.5. The Morgan fingerprint density at radius 3 is 2.52 bits per heavy atom. The molecular weight excluding hydrogens is 511 g/mol. The minimum Gasteiger partial charge on any atom is -0.444 e. The first-order valence-electron chi connectivity index (χ1n) is 10.5. The van der Waals surface area contributed by atoms with Crippen molar-refractivity contribution < 1.29 is 19.0 Å².